The molecule has 0 bridgehead atoms. The number of ketones is 1. The predicted octanol–water partition coefficient (Wildman–Crippen LogP) is 0.111. The number of hydrogen-bond acceptors (Lipinski definition) is 8. The van der Waals surface area contributed by atoms with E-state index in [1.54, 1.807) is 12.1 Å². The van der Waals surface area contributed by atoms with Crippen molar-refractivity contribution in [1.82, 2.24) is 25.5 Å². The summed E-state index contributed by atoms with van der Waals surface area (Å²) in [5.41, 5.74) is 0.671. The van der Waals surface area contributed by atoms with E-state index in [1.165, 1.54) is 10.9 Å². The molecule has 0 saturated carbocycles. The van der Waals surface area contributed by atoms with Crippen molar-refractivity contribution in [2.45, 2.75) is 50.5 Å². The molecule has 2 aliphatic rings. The fraction of sp³-hybridized carbons (Fsp3) is 0.500. The van der Waals surface area contributed by atoms with Crippen LogP contribution in [0, 0.1) is 0 Å². The van der Waals surface area contributed by atoms with E-state index in [4.69, 9.17) is 4.65 Å². The van der Waals surface area contributed by atoms with E-state index in [1.807, 2.05) is 0 Å². The molecule has 0 aliphatic carbocycles. The van der Waals surface area contributed by atoms with Gasteiger partial charge in [0.1, 0.15) is 11.5 Å². The monoisotopic (exact) mass is 399 g/mol. The van der Waals surface area contributed by atoms with Crippen molar-refractivity contribution < 1.29 is 24.4 Å². The number of carboxylic acid groups (broad SMARTS) is 1. The molecule has 3 N–H and O–H groups in total. The third-order valence-corrected chi connectivity index (χ3v) is 5.34. The van der Waals surface area contributed by atoms with Crippen LogP contribution in [-0.2, 0) is 24.2 Å². The Hall–Kier alpha value is -2.79. The lowest BCUT2D eigenvalue weighted by Crippen LogP contribution is -2.36. The smallest absolute Gasteiger partial charge is 0.526 e. The molecule has 152 valence electrons. The van der Waals surface area contributed by atoms with Crippen LogP contribution >= 0.6 is 0 Å². The van der Waals surface area contributed by atoms with E-state index < -0.39 is 18.9 Å². The number of para-hydroxylation sites is 1. The van der Waals surface area contributed by atoms with Crippen molar-refractivity contribution in [3.63, 3.8) is 0 Å². The van der Waals surface area contributed by atoms with E-state index in [-0.39, 0.29) is 29.9 Å². The zero-order valence-electron chi connectivity index (χ0n) is 15.8. The molecule has 10 nitrogen and oxygen atoms in total. The molecule has 1 aromatic carbocycles. The summed E-state index contributed by atoms with van der Waals surface area (Å²) in [7, 11) is -1.25. The van der Waals surface area contributed by atoms with Gasteiger partial charge in [0.15, 0.2) is 5.82 Å². The Balaban J connectivity index is 1.36. The van der Waals surface area contributed by atoms with Crippen LogP contribution < -0.4 is 9.97 Å². The van der Waals surface area contributed by atoms with E-state index in [0.717, 1.165) is 19.4 Å². The number of tetrazole rings is 1. The number of nitrogens with zero attached hydrogens (tertiary/aromatic N) is 4. The second-order valence-electron chi connectivity index (χ2n) is 7.54. The highest BCUT2D eigenvalue weighted by molar-refractivity contribution is 6.47. The number of carboxylic acids is 1. The van der Waals surface area contributed by atoms with E-state index in [9.17, 15) is 19.7 Å². The highest BCUT2D eigenvalue weighted by Crippen LogP contribution is 2.36. The van der Waals surface area contributed by atoms with Crippen LogP contribution in [-0.4, -0.2) is 61.8 Å². The van der Waals surface area contributed by atoms with Crippen molar-refractivity contribution in [3.8, 4) is 5.75 Å². The summed E-state index contributed by atoms with van der Waals surface area (Å²) in [6.45, 7) is 1.62. The largest absolute Gasteiger partial charge is 0.535 e. The van der Waals surface area contributed by atoms with Crippen LogP contribution in [0.1, 0.15) is 41.0 Å². The molecule has 0 radical (unpaired) electrons. The maximum absolute atomic E-state index is 12.5. The van der Waals surface area contributed by atoms with E-state index >= 15 is 0 Å². The van der Waals surface area contributed by atoms with Crippen LogP contribution in [0.25, 0.3) is 0 Å². The Bertz CT molecular complexity index is 914. The van der Waals surface area contributed by atoms with Gasteiger partial charge >= 0.3 is 13.1 Å². The molecule has 2 atom stereocenters. The maximum atomic E-state index is 12.5. The fourth-order valence-corrected chi connectivity index (χ4v) is 3.90. The topological polar surface area (TPSA) is 139 Å². The highest BCUT2D eigenvalue weighted by atomic mass is 16.5. The molecule has 2 aliphatic heterocycles. The SMILES string of the molecule is O=C(Cc1nnn(CC2CCCN2)n1)C[C@H]1Cc2cccc(C(=O)O)c2OB1O. The van der Waals surface area contributed by atoms with Crippen molar-refractivity contribution >= 4 is 18.9 Å². The van der Waals surface area contributed by atoms with Gasteiger partial charge in [-0.1, -0.05) is 12.1 Å². The van der Waals surface area contributed by atoms with Gasteiger partial charge in [-0.3, -0.25) is 4.79 Å². The molecule has 1 unspecified atom stereocenters. The van der Waals surface area contributed by atoms with Crippen LogP contribution in [0.2, 0.25) is 5.82 Å². The standard InChI is InChI=1S/C18H22BN5O5/c25-14(9-16-21-23-24(22-16)10-13-4-2-6-20-13)8-12-7-11-3-1-5-15(18(26)27)17(11)29-19(12)28/h1,3,5,12-13,20,28H,2,4,6-10H2,(H,26,27)/t12-,13?/m1/s1. The molecule has 1 aromatic heterocycles. The van der Waals surface area contributed by atoms with Gasteiger partial charge in [-0.15, -0.1) is 10.2 Å². The second-order valence-corrected chi connectivity index (χ2v) is 7.54. The first-order valence-corrected chi connectivity index (χ1v) is 9.71. The average molecular weight is 399 g/mol. The lowest BCUT2D eigenvalue weighted by atomic mass is 9.64. The summed E-state index contributed by atoms with van der Waals surface area (Å²) in [4.78, 5) is 25.3. The first kappa shape index (κ1) is 19.5. The number of fused-ring (bicyclic) bond motifs is 1. The molecule has 29 heavy (non-hydrogen) atoms. The number of benzene rings is 1. The van der Waals surface area contributed by atoms with Gasteiger partial charge in [-0.25, -0.2) is 4.79 Å². The molecule has 4 rings (SSSR count). The molecule has 11 heteroatoms. The Morgan fingerprint density at radius 2 is 2.24 bits per heavy atom. The number of carbonyl (C=O) groups is 2. The van der Waals surface area contributed by atoms with Crippen LogP contribution in [0.4, 0.5) is 0 Å². The van der Waals surface area contributed by atoms with Gasteiger partial charge in [0, 0.05) is 18.3 Å². The summed E-state index contributed by atoms with van der Waals surface area (Å²) in [5, 5.41) is 35.1. The van der Waals surface area contributed by atoms with Crippen molar-refractivity contribution in [3.05, 3.63) is 35.2 Å². The quantitative estimate of drug-likeness (QED) is 0.554. The number of aromatic carboxylic acids is 1. The van der Waals surface area contributed by atoms with Gasteiger partial charge in [-0.05, 0) is 42.7 Å². The van der Waals surface area contributed by atoms with Gasteiger partial charge in [0.25, 0.3) is 0 Å². The van der Waals surface area contributed by atoms with Crippen molar-refractivity contribution in [2.24, 2.45) is 0 Å². The maximum Gasteiger partial charge on any atom is 0.526 e. The van der Waals surface area contributed by atoms with Crippen LogP contribution in [0.3, 0.4) is 0 Å². The highest BCUT2D eigenvalue weighted by Gasteiger charge is 2.37. The summed E-state index contributed by atoms with van der Waals surface area (Å²) >= 11 is 0. The Kier molecular flexibility index (Phi) is 5.59. The minimum absolute atomic E-state index is 0.00360. The number of hydrogen-bond donors (Lipinski definition) is 3. The van der Waals surface area contributed by atoms with E-state index in [2.05, 4.69) is 20.7 Å². The number of aromatic nitrogens is 4. The summed E-state index contributed by atoms with van der Waals surface area (Å²) < 4.78 is 5.43. The lowest BCUT2D eigenvalue weighted by Gasteiger charge is -2.27. The molecule has 2 aromatic rings. The number of nitrogens with one attached hydrogen (secondary N) is 1. The Labute approximate surface area is 167 Å². The lowest BCUT2D eigenvalue weighted by molar-refractivity contribution is -0.118. The molecule has 3 heterocycles. The van der Waals surface area contributed by atoms with Gasteiger partial charge in [0.05, 0.1) is 18.5 Å². The zero-order chi connectivity index (χ0) is 20.4. The minimum atomic E-state index is -1.25. The normalized spacial score (nSPS) is 20.9. The molecule has 1 fully saturated rings. The summed E-state index contributed by atoms with van der Waals surface area (Å²) in [6.07, 6.45) is 2.67. The first-order valence-electron chi connectivity index (χ1n) is 9.71. The van der Waals surface area contributed by atoms with Gasteiger partial charge < -0.3 is 20.1 Å². The van der Waals surface area contributed by atoms with Crippen molar-refractivity contribution in [2.75, 3.05) is 6.54 Å². The molecular weight excluding hydrogens is 377 g/mol. The third-order valence-electron chi connectivity index (χ3n) is 5.34. The summed E-state index contributed by atoms with van der Waals surface area (Å²) in [6, 6.07) is 5.13. The first-order chi connectivity index (χ1) is 14.0. The molecule has 0 amide bonds. The van der Waals surface area contributed by atoms with Crippen LogP contribution in [0.5, 0.6) is 5.75 Å². The number of rotatable bonds is 7. The Morgan fingerprint density at radius 1 is 1.38 bits per heavy atom. The number of carbonyl (C=O) groups excluding carboxylic acids is 1. The zero-order valence-corrected chi connectivity index (χ0v) is 15.8. The fourth-order valence-electron chi connectivity index (χ4n) is 3.90. The number of Topliss-reactive ketones (excluding diaryl/α,β-unsaturated/α-hetero) is 1. The van der Waals surface area contributed by atoms with Gasteiger partial charge in [0.2, 0.25) is 0 Å². The molecular formula is C18H22BN5O5. The molecule has 0 spiro atoms. The van der Waals surface area contributed by atoms with E-state index in [0.29, 0.717) is 30.4 Å². The van der Waals surface area contributed by atoms with Crippen LogP contribution in [0.15, 0.2) is 18.2 Å². The third kappa shape index (κ3) is 4.46. The average Bonchev–Trinajstić information content (AvgIpc) is 3.34. The Morgan fingerprint density at radius 3 is 3.00 bits per heavy atom. The summed E-state index contributed by atoms with van der Waals surface area (Å²) in [5.74, 6) is -1.19. The van der Waals surface area contributed by atoms with Crippen molar-refractivity contribution in [1.29, 1.82) is 0 Å². The van der Waals surface area contributed by atoms with Gasteiger partial charge in [-0.2, -0.15) is 4.80 Å². The second kappa shape index (κ2) is 8.30. The minimum Gasteiger partial charge on any atom is -0.535 e. The predicted molar refractivity (Wildman–Crippen MR) is 102 cm³/mol. The molecule has 1 saturated heterocycles.